The summed E-state index contributed by atoms with van der Waals surface area (Å²) in [5, 5.41) is 0. The summed E-state index contributed by atoms with van der Waals surface area (Å²) in [6.07, 6.45) is 7.69. The van der Waals surface area contributed by atoms with Gasteiger partial charge in [0.1, 0.15) is 5.82 Å². The van der Waals surface area contributed by atoms with Crippen LogP contribution in [0.5, 0.6) is 0 Å². The summed E-state index contributed by atoms with van der Waals surface area (Å²) in [4.78, 5) is 0. The van der Waals surface area contributed by atoms with E-state index in [0.29, 0.717) is 11.8 Å². The maximum atomic E-state index is 14.0. The summed E-state index contributed by atoms with van der Waals surface area (Å²) >= 11 is 5.69. The van der Waals surface area contributed by atoms with Crippen molar-refractivity contribution in [1.29, 1.82) is 0 Å². The van der Waals surface area contributed by atoms with Crippen LogP contribution in [0.3, 0.4) is 0 Å². The molecule has 1 fully saturated rings. The normalized spacial score (nSPS) is 21.3. The Labute approximate surface area is 149 Å². The Bertz CT molecular complexity index is 694. The number of aryl methyl sites for hydroxylation is 1. The van der Waals surface area contributed by atoms with Crippen LogP contribution in [0.2, 0.25) is 0 Å². The summed E-state index contributed by atoms with van der Waals surface area (Å²) in [6, 6.07) is 14.2. The Morgan fingerprint density at radius 3 is 2.25 bits per heavy atom. The van der Waals surface area contributed by atoms with Crippen LogP contribution < -0.4 is 0 Å². The van der Waals surface area contributed by atoms with Crippen molar-refractivity contribution >= 4 is 11.6 Å². The molecule has 1 saturated carbocycles. The second-order valence-corrected chi connectivity index (χ2v) is 6.96. The minimum Gasteiger partial charge on any atom is -0.207 e. The van der Waals surface area contributed by atoms with E-state index in [1.165, 1.54) is 31.2 Å². The number of allylic oxidation sites excluding steroid dienone is 1. The molecule has 2 heteroatoms. The summed E-state index contributed by atoms with van der Waals surface area (Å²) < 4.78 is 14.0. The highest BCUT2D eigenvalue weighted by molar-refractivity contribution is 6.25. The molecular formula is C22H24ClF. The van der Waals surface area contributed by atoms with Gasteiger partial charge < -0.3 is 0 Å². The van der Waals surface area contributed by atoms with Crippen molar-refractivity contribution in [3.05, 3.63) is 71.0 Å². The second kappa shape index (κ2) is 7.98. The standard InChI is InChI=1S/C22H24ClF/c1-2-17-7-12-21(15-22(17)24)20-10-8-19(9-11-20)18-5-3-16(4-6-18)13-14-23/h7-16,18H,2-6H2,1H3. The van der Waals surface area contributed by atoms with Crippen LogP contribution in [0.25, 0.3) is 11.1 Å². The number of halogens is 2. The molecule has 0 radical (unpaired) electrons. The summed E-state index contributed by atoms with van der Waals surface area (Å²) in [5.41, 5.74) is 5.87. The molecule has 0 amide bonds. The number of rotatable bonds is 4. The first-order valence-corrected chi connectivity index (χ1v) is 9.30. The monoisotopic (exact) mass is 342 g/mol. The molecule has 0 heterocycles. The third-order valence-electron chi connectivity index (χ3n) is 5.27. The molecule has 0 unspecified atom stereocenters. The quantitative estimate of drug-likeness (QED) is 0.556. The van der Waals surface area contributed by atoms with Gasteiger partial charge in [-0.25, -0.2) is 4.39 Å². The van der Waals surface area contributed by atoms with Crippen LogP contribution in [0.1, 0.15) is 49.7 Å². The van der Waals surface area contributed by atoms with Gasteiger partial charge in [0.25, 0.3) is 0 Å². The van der Waals surface area contributed by atoms with Gasteiger partial charge in [-0.3, -0.25) is 0 Å². The van der Waals surface area contributed by atoms with E-state index in [0.717, 1.165) is 23.1 Å². The van der Waals surface area contributed by atoms with Gasteiger partial charge in [0.2, 0.25) is 0 Å². The molecule has 2 aromatic carbocycles. The first kappa shape index (κ1) is 17.2. The molecule has 0 aliphatic heterocycles. The van der Waals surface area contributed by atoms with E-state index in [1.807, 2.05) is 19.1 Å². The van der Waals surface area contributed by atoms with Gasteiger partial charge in [0.05, 0.1) is 0 Å². The van der Waals surface area contributed by atoms with Crippen molar-refractivity contribution in [2.45, 2.75) is 44.9 Å². The van der Waals surface area contributed by atoms with E-state index in [-0.39, 0.29) is 5.82 Å². The van der Waals surface area contributed by atoms with Crippen molar-refractivity contribution in [3.63, 3.8) is 0 Å². The molecule has 126 valence electrons. The molecule has 0 N–H and O–H groups in total. The van der Waals surface area contributed by atoms with E-state index >= 15 is 0 Å². The van der Waals surface area contributed by atoms with Crippen molar-refractivity contribution in [2.75, 3.05) is 0 Å². The minimum absolute atomic E-state index is 0.107. The van der Waals surface area contributed by atoms with Crippen LogP contribution in [0, 0.1) is 11.7 Å². The third kappa shape index (κ3) is 3.89. The molecular weight excluding hydrogens is 319 g/mol. The van der Waals surface area contributed by atoms with Crippen molar-refractivity contribution in [2.24, 2.45) is 5.92 Å². The predicted octanol–water partition coefficient (Wildman–Crippen LogP) is 7.08. The average molecular weight is 343 g/mol. The number of hydrogen-bond donors (Lipinski definition) is 0. The lowest BCUT2D eigenvalue weighted by Crippen LogP contribution is -2.11. The zero-order valence-corrected chi connectivity index (χ0v) is 14.9. The molecule has 0 aromatic heterocycles. The number of benzene rings is 2. The smallest absolute Gasteiger partial charge is 0.127 e. The molecule has 0 bridgehead atoms. The average Bonchev–Trinajstić information content (AvgIpc) is 2.63. The first-order valence-electron chi connectivity index (χ1n) is 8.87. The fourth-order valence-corrected chi connectivity index (χ4v) is 3.91. The SMILES string of the molecule is CCc1ccc(-c2ccc(C3CCC(C=CCl)CC3)cc2)cc1F. The Morgan fingerprint density at radius 1 is 1.00 bits per heavy atom. The summed E-state index contributed by atoms with van der Waals surface area (Å²) in [5.74, 6) is 1.17. The molecule has 2 aromatic rings. The van der Waals surface area contributed by atoms with Crippen LogP contribution in [-0.4, -0.2) is 0 Å². The molecule has 0 nitrogen and oxygen atoms in total. The van der Waals surface area contributed by atoms with Gasteiger partial charge in [-0.15, -0.1) is 0 Å². The third-order valence-corrected chi connectivity index (χ3v) is 5.41. The highest BCUT2D eigenvalue weighted by Gasteiger charge is 2.20. The summed E-state index contributed by atoms with van der Waals surface area (Å²) in [6.45, 7) is 1.98. The second-order valence-electron chi connectivity index (χ2n) is 6.71. The van der Waals surface area contributed by atoms with Gasteiger partial charge in [-0.05, 0) is 72.3 Å². The van der Waals surface area contributed by atoms with Crippen LogP contribution in [0.4, 0.5) is 4.39 Å². The molecule has 1 aliphatic carbocycles. The van der Waals surface area contributed by atoms with E-state index in [1.54, 1.807) is 11.6 Å². The fraction of sp³-hybridized carbons (Fsp3) is 0.364. The number of hydrogen-bond acceptors (Lipinski definition) is 0. The van der Waals surface area contributed by atoms with Crippen LogP contribution >= 0.6 is 11.6 Å². The van der Waals surface area contributed by atoms with Gasteiger partial charge in [0.15, 0.2) is 0 Å². The van der Waals surface area contributed by atoms with Gasteiger partial charge in [0, 0.05) is 5.54 Å². The Hall–Kier alpha value is -1.60. The van der Waals surface area contributed by atoms with Crippen molar-refractivity contribution < 1.29 is 4.39 Å². The highest BCUT2D eigenvalue weighted by Crippen LogP contribution is 2.37. The highest BCUT2D eigenvalue weighted by atomic mass is 35.5. The predicted molar refractivity (Wildman–Crippen MR) is 101 cm³/mol. The van der Waals surface area contributed by atoms with E-state index in [2.05, 4.69) is 30.3 Å². The largest absolute Gasteiger partial charge is 0.207 e. The molecule has 0 spiro atoms. The maximum Gasteiger partial charge on any atom is 0.127 e. The van der Waals surface area contributed by atoms with Gasteiger partial charge >= 0.3 is 0 Å². The minimum atomic E-state index is -0.107. The van der Waals surface area contributed by atoms with Gasteiger partial charge in [-0.1, -0.05) is 61.0 Å². The lowest BCUT2D eigenvalue weighted by Gasteiger charge is -2.27. The maximum absolute atomic E-state index is 14.0. The topological polar surface area (TPSA) is 0 Å². The Kier molecular flexibility index (Phi) is 5.73. The first-order chi connectivity index (χ1) is 11.7. The molecule has 1 aliphatic rings. The lowest BCUT2D eigenvalue weighted by molar-refractivity contribution is 0.376. The van der Waals surface area contributed by atoms with Crippen LogP contribution in [-0.2, 0) is 6.42 Å². The van der Waals surface area contributed by atoms with E-state index in [9.17, 15) is 4.39 Å². The van der Waals surface area contributed by atoms with Gasteiger partial charge in [-0.2, -0.15) is 0 Å². The Balaban J connectivity index is 1.71. The zero-order valence-electron chi connectivity index (χ0n) is 14.1. The lowest BCUT2D eigenvalue weighted by atomic mass is 9.78. The molecule has 24 heavy (non-hydrogen) atoms. The molecule has 0 saturated heterocycles. The van der Waals surface area contributed by atoms with Crippen molar-refractivity contribution in [3.8, 4) is 11.1 Å². The van der Waals surface area contributed by atoms with E-state index in [4.69, 9.17) is 11.6 Å². The zero-order chi connectivity index (χ0) is 16.9. The summed E-state index contributed by atoms with van der Waals surface area (Å²) in [7, 11) is 0. The Morgan fingerprint density at radius 2 is 1.67 bits per heavy atom. The molecule has 3 rings (SSSR count). The van der Waals surface area contributed by atoms with E-state index < -0.39 is 0 Å². The van der Waals surface area contributed by atoms with Crippen molar-refractivity contribution in [1.82, 2.24) is 0 Å². The van der Waals surface area contributed by atoms with Crippen LogP contribution in [0.15, 0.2) is 54.1 Å². The fourth-order valence-electron chi connectivity index (χ4n) is 3.71. The molecule has 0 atom stereocenters.